The molecular weight excluding hydrogens is 1470 g/mol. The highest BCUT2D eigenvalue weighted by molar-refractivity contribution is 8.00. The smallest absolute Gasteiger partial charge is 0.341 e. The van der Waals surface area contributed by atoms with E-state index >= 15 is 0 Å². The van der Waals surface area contributed by atoms with E-state index in [1.807, 2.05) is 78.1 Å². The summed E-state index contributed by atoms with van der Waals surface area (Å²) in [7, 11) is 0. The van der Waals surface area contributed by atoms with Crippen molar-refractivity contribution in [2.75, 3.05) is 137 Å². The molecule has 1 unspecified atom stereocenters. The maximum atomic E-state index is 13.4. The highest BCUT2D eigenvalue weighted by atomic mass is 32.2. The normalized spacial score (nSPS) is 14.7. The van der Waals surface area contributed by atoms with Gasteiger partial charge >= 0.3 is 17.9 Å². The van der Waals surface area contributed by atoms with Gasteiger partial charge in [0.25, 0.3) is 0 Å². The van der Waals surface area contributed by atoms with Gasteiger partial charge < -0.3 is 43.6 Å². The van der Waals surface area contributed by atoms with Crippen molar-refractivity contribution in [2.45, 2.75) is 159 Å². The first-order valence-electron chi connectivity index (χ1n) is 40.3. The van der Waals surface area contributed by atoms with Gasteiger partial charge in [0.1, 0.15) is 5.69 Å². The van der Waals surface area contributed by atoms with Gasteiger partial charge in [-0.25, -0.2) is 14.4 Å². The summed E-state index contributed by atoms with van der Waals surface area (Å²) in [6.45, 7) is 48.3. The topological polar surface area (TPSA) is 111 Å². The number of benzene rings is 8. The van der Waals surface area contributed by atoms with Crippen LogP contribution in [-0.2, 0) is 31.0 Å². The number of pyridine rings is 1. The van der Waals surface area contributed by atoms with E-state index in [0.717, 1.165) is 176 Å². The second-order valence-corrected chi connectivity index (χ2v) is 33.4. The van der Waals surface area contributed by atoms with Crippen LogP contribution in [0.2, 0.25) is 0 Å². The largest absolute Gasteiger partial charge is 0.441 e. The molecule has 1 atom stereocenters. The fraction of sp³-hybridized carbons (Fsp3) is 0.398. The van der Waals surface area contributed by atoms with Crippen LogP contribution in [0, 0.1) is 0 Å². The predicted octanol–water partition coefficient (Wildman–Crippen LogP) is 22.5. The lowest BCUT2D eigenvalue weighted by atomic mass is 9.79. The second kappa shape index (κ2) is 39.6. The Hall–Kier alpha value is -8.13. The molecule has 0 N–H and O–H groups in total. The van der Waals surface area contributed by atoms with Crippen molar-refractivity contribution >= 4 is 111 Å². The Labute approximate surface area is 684 Å². The monoisotopic (exact) mass is 1590 g/mol. The maximum absolute atomic E-state index is 13.4. The molecule has 8 aromatic carbocycles. The van der Waals surface area contributed by atoms with Gasteiger partial charge in [0.05, 0.1) is 16.7 Å². The number of aromatic nitrogens is 1. The standard InChI is InChI=1S/C32H40N2O2S2.C31H39N3O2S2.C30H36N2O2S/c1-7-33(8-2)23-17-19-27(29(21-23)37-11-5)32(26-16-14-13-15-25(26)31(35)36-32)28-20-18-24(34(9-3)10-4)22-30(28)38-12-6;1-7-33(8-2)22-15-17-25(27(20-22)37-11-5)31(29-24(30(35)36-31)14-13-19-32-29)26-18-16-23(34(9-3)10-4)21-28(26)38-12-6;1-6-31(7-2)23-17-15-22(16-18-23)30(26-14-12-11-13-25(26)29(33)34-30)27-20-19-24(32(8-3)9-4)21-28(27)35-10-5/h13-22H,7-12H2,1-6H3;13-21H,7-12H2,1-6H3;11-21H,6-10H2,1-5H3. The SMILES string of the molecule is CCSc1cc(N(CC)CC)ccc1C1(c2ccc(N(CC)CC)cc2)OC(=O)c2ccccc21.CCSc1cc(N(CC)CC)ccc1C1(c2ccc(N(CC)CC)cc2SCC)OC(=O)c2ccccc21.CCSc1cc(N(CC)CC)ccc1C1(c2ccc(N(CC)CC)cc2SCC)OC(=O)c2cccnc21. The molecule has 3 aliphatic rings. The van der Waals surface area contributed by atoms with E-state index in [4.69, 9.17) is 19.2 Å². The number of anilines is 6. The van der Waals surface area contributed by atoms with Gasteiger partial charge in [-0.05, 0) is 209 Å². The third-order valence-electron chi connectivity index (χ3n) is 21.4. The van der Waals surface area contributed by atoms with E-state index in [1.54, 1.807) is 41.5 Å². The molecule has 12 rings (SSSR count). The molecule has 0 radical (unpaired) electrons. The summed E-state index contributed by atoms with van der Waals surface area (Å²) in [5.41, 5.74) is 14.3. The van der Waals surface area contributed by atoms with Gasteiger partial charge in [-0.2, -0.15) is 0 Å². The summed E-state index contributed by atoms with van der Waals surface area (Å²) in [5, 5.41) is 0. The number of rotatable bonds is 34. The molecular formula is C93H115N7O6S5. The molecule has 3 aliphatic heterocycles. The van der Waals surface area contributed by atoms with Crippen LogP contribution in [0.1, 0.15) is 199 Å². The molecule has 9 aromatic rings. The van der Waals surface area contributed by atoms with E-state index in [1.165, 1.54) is 34.1 Å². The third kappa shape index (κ3) is 17.1. The summed E-state index contributed by atoms with van der Waals surface area (Å²) >= 11 is 8.99. The van der Waals surface area contributed by atoms with Crippen LogP contribution in [0.25, 0.3) is 0 Å². The zero-order valence-corrected chi connectivity index (χ0v) is 72.5. The van der Waals surface area contributed by atoms with Crippen molar-refractivity contribution in [1.82, 2.24) is 4.98 Å². The fourth-order valence-corrected chi connectivity index (χ4v) is 20.4. The number of carbonyl (C=O) groups excluding carboxylic acids is 3. The van der Waals surface area contributed by atoms with Crippen molar-refractivity contribution in [3.63, 3.8) is 0 Å². The van der Waals surface area contributed by atoms with Crippen molar-refractivity contribution < 1.29 is 28.6 Å². The van der Waals surface area contributed by atoms with E-state index in [2.05, 4.69) is 268 Å². The van der Waals surface area contributed by atoms with Gasteiger partial charge in [-0.1, -0.05) is 113 Å². The summed E-state index contributed by atoms with van der Waals surface area (Å²) in [6, 6.07) is 61.0. The lowest BCUT2D eigenvalue weighted by Gasteiger charge is -2.35. The van der Waals surface area contributed by atoms with Crippen molar-refractivity contribution in [2.24, 2.45) is 0 Å². The summed E-state index contributed by atoms with van der Waals surface area (Å²) in [4.78, 5) is 64.6. The zero-order valence-electron chi connectivity index (χ0n) is 68.5. The molecule has 588 valence electrons. The number of cyclic esters (lactones) is 3. The molecule has 0 spiro atoms. The van der Waals surface area contributed by atoms with Crippen LogP contribution in [0.4, 0.5) is 34.1 Å². The number of thioether (sulfide) groups is 5. The first-order valence-corrected chi connectivity index (χ1v) is 45.2. The Morgan fingerprint density at radius 2 is 0.523 bits per heavy atom. The Balaban J connectivity index is 0.000000177. The Morgan fingerprint density at radius 3 is 0.847 bits per heavy atom. The van der Waals surface area contributed by atoms with Crippen LogP contribution >= 0.6 is 58.8 Å². The molecule has 0 aliphatic carbocycles. The van der Waals surface area contributed by atoms with Crippen molar-refractivity contribution in [1.29, 1.82) is 0 Å². The lowest BCUT2D eigenvalue weighted by Crippen LogP contribution is -2.32. The molecule has 0 bridgehead atoms. The predicted molar refractivity (Wildman–Crippen MR) is 475 cm³/mol. The van der Waals surface area contributed by atoms with Crippen LogP contribution < -0.4 is 29.4 Å². The molecule has 0 fully saturated rings. The van der Waals surface area contributed by atoms with E-state index < -0.39 is 16.8 Å². The van der Waals surface area contributed by atoms with Crippen molar-refractivity contribution in [3.05, 3.63) is 249 Å². The number of hydrogen-bond donors (Lipinski definition) is 0. The Morgan fingerprint density at radius 1 is 0.270 bits per heavy atom. The van der Waals surface area contributed by atoms with E-state index in [-0.39, 0.29) is 17.9 Å². The lowest BCUT2D eigenvalue weighted by molar-refractivity contribution is 0.0222. The van der Waals surface area contributed by atoms with Crippen LogP contribution in [0.5, 0.6) is 0 Å². The fourth-order valence-electron chi connectivity index (χ4n) is 16.0. The molecule has 0 saturated heterocycles. The second-order valence-electron chi connectivity index (χ2n) is 26.9. The zero-order chi connectivity index (χ0) is 79.6. The first kappa shape index (κ1) is 85.3. The van der Waals surface area contributed by atoms with Gasteiger partial charge in [0.15, 0.2) is 11.2 Å². The summed E-state index contributed by atoms with van der Waals surface area (Å²) < 4.78 is 19.5. The molecule has 0 saturated carbocycles. The number of fused-ring (bicyclic) bond motifs is 3. The van der Waals surface area contributed by atoms with Crippen molar-refractivity contribution in [3.8, 4) is 0 Å². The van der Waals surface area contributed by atoms with Crippen LogP contribution in [-0.4, -0.2) is 130 Å². The highest BCUT2D eigenvalue weighted by Gasteiger charge is 2.54. The van der Waals surface area contributed by atoms with Gasteiger partial charge in [-0.15, -0.1) is 58.8 Å². The molecule has 18 heteroatoms. The quantitative estimate of drug-likeness (QED) is 0.0216. The van der Waals surface area contributed by atoms with E-state index in [0.29, 0.717) is 22.4 Å². The van der Waals surface area contributed by atoms with Crippen LogP contribution in [0.3, 0.4) is 0 Å². The minimum atomic E-state index is -1.12. The number of hydrogen-bond acceptors (Lipinski definition) is 18. The van der Waals surface area contributed by atoms with Gasteiger partial charge in [0, 0.05) is 188 Å². The maximum Gasteiger partial charge on any atom is 0.341 e. The molecule has 1 aromatic heterocycles. The van der Waals surface area contributed by atoms with E-state index in [9.17, 15) is 14.4 Å². The summed E-state index contributed by atoms with van der Waals surface area (Å²) in [6.07, 6.45) is 1.77. The molecule has 13 nitrogen and oxygen atoms in total. The number of nitrogens with zero attached hydrogens (tertiary/aromatic N) is 7. The van der Waals surface area contributed by atoms with Crippen LogP contribution in [0.15, 0.2) is 207 Å². The molecule has 4 heterocycles. The first-order chi connectivity index (χ1) is 54.0. The molecule has 111 heavy (non-hydrogen) atoms. The average Bonchev–Trinajstić information content (AvgIpc) is 1.61. The van der Waals surface area contributed by atoms with Gasteiger partial charge in [0.2, 0.25) is 5.60 Å². The summed E-state index contributed by atoms with van der Waals surface area (Å²) in [5.74, 6) is 3.75. The van der Waals surface area contributed by atoms with Gasteiger partial charge in [-0.3, -0.25) is 4.98 Å². The highest BCUT2D eigenvalue weighted by Crippen LogP contribution is 2.56. The molecule has 0 amide bonds. The Kier molecular flexibility index (Phi) is 30.4. The average molecular weight is 1590 g/mol. The number of ether oxygens (including phenoxy) is 3. The third-order valence-corrected chi connectivity index (χ3v) is 26.1. The minimum Gasteiger partial charge on any atom is -0.441 e. The number of carbonyl (C=O) groups is 3. The minimum absolute atomic E-state index is 0.263. The Bertz CT molecular complexity index is 4300. The number of esters is 3.